The molecule has 3 nitrogen and oxygen atoms in total. The summed E-state index contributed by atoms with van der Waals surface area (Å²) < 4.78 is 85.6. The first-order valence-corrected chi connectivity index (χ1v) is 22.7. The van der Waals surface area contributed by atoms with Crippen molar-refractivity contribution in [2.24, 2.45) is 0 Å². The van der Waals surface area contributed by atoms with Crippen molar-refractivity contribution >= 4 is 49.8 Å². The fourth-order valence-electron chi connectivity index (χ4n) is 10.8. The molecule has 0 saturated heterocycles. The maximum absolute atomic E-state index is 9.43. The molecule has 0 fully saturated rings. The van der Waals surface area contributed by atoms with E-state index in [1.807, 2.05) is 109 Å². The summed E-state index contributed by atoms with van der Waals surface area (Å²) in [7, 11) is 0. The van der Waals surface area contributed by atoms with Crippen molar-refractivity contribution in [1.82, 2.24) is 0 Å². The Balaban J connectivity index is 0.885. The minimum absolute atomic E-state index is 0.0720. The van der Waals surface area contributed by atoms with E-state index < -0.39 is 29.6 Å². The van der Waals surface area contributed by atoms with E-state index >= 15 is 0 Å². The van der Waals surface area contributed by atoms with Crippen LogP contribution in [0.3, 0.4) is 0 Å². The van der Waals surface area contributed by atoms with Gasteiger partial charge in [-0.3, -0.25) is 0 Å². The lowest BCUT2D eigenvalue weighted by Gasteiger charge is -2.34. The molecule has 11 aromatic carbocycles. The second kappa shape index (κ2) is 15.1. The Labute approximate surface area is 405 Å². The van der Waals surface area contributed by atoms with E-state index in [2.05, 4.69) is 95.9 Å². The standard InChI is InChI=1S/C65H41NO2/c1-3-16-42(17-4-1)44-32-37-60-63(41-44)67-62-29-14-13-28-59(62)66(60)58-38-36-48(50-20-7-8-23-53(50)58)45-33-39-61-55(40-45)54-25-15-24-49(64(54)68-61)43-30-34-47(35-31-43)65(46-18-5-2-6-19-46)56-26-11-9-21-51(56)52-22-10-12-27-57(52)65/h1-41H/i9D,10D,11D,12D,21D,22D,26D,27D. The number of hydrogen-bond donors (Lipinski definition) is 0. The molecule has 0 atom stereocenters. The summed E-state index contributed by atoms with van der Waals surface area (Å²) in [5.74, 6) is 1.55. The second-order valence-corrected chi connectivity index (χ2v) is 17.3. The van der Waals surface area contributed by atoms with Crippen LogP contribution in [0.2, 0.25) is 0 Å². The Morgan fingerprint density at radius 1 is 0.368 bits per heavy atom. The number of ether oxygens (including phenoxy) is 1. The lowest BCUT2D eigenvalue weighted by atomic mass is 9.67. The van der Waals surface area contributed by atoms with E-state index in [1.54, 1.807) is 0 Å². The third-order valence-corrected chi connectivity index (χ3v) is 13.8. The van der Waals surface area contributed by atoms with Crippen molar-refractivity contribution < 1.29 is 20.1 Å². The van der Waals surface area contributed by atoms with E-state index in [-0.39, 0.29) is 46.4 Å². The molecule has 318 valence electrons. The normalized spacial score (nSPS) is 14.9. The van der Waals surface area contributed by atoms with Crippen LogP contribution in [-0.2, 0) is 5.41 Å². The van der Waals surface area contributed by atoms with E-state index in [0.29, 0.717) is 16.7 Å². The predicted octanol–water partition coefficient (Wildman–Crippen LogP) is 17.7. The summed E-state index contributed by atoms with van der Waals surface area (Å²) in [5.41, 5.74) is 10.5. The highest BCUT2D eigenvalue weighted by Crippen LogP contribution is 2.57. The van der Waals surface area contributed by atoms with E-state index in [4.69, 9.17) is 17.4 Å². The minimum Gasteiger partial charge on any atom is -0.455 e. The fourth-order valence-corrected chi connectivity index (χ4v) is 10.8. The van der Waals surface area contributed by atoms with Crippen molar-refractivity contribution in [2.75, 3.05) is 4.90 Å². The molecule has 2 heterocycles. The highest BCUT2D eigenvalue weighted by molar-refractivity contribution is 6.13. The average molecular weight is 876 g/mol. The molecule has 0 N–H and O–H groups in total. The fraction of sp³-hybridized carbons (Fsp3) is 0.0154. The third kappa shape index (κ3) is 5.66. The largest absolute Gasteiger partial charge is 0.455 e. The van der Waals surface area contributed by atoms with Gasteiger partial charge in [-0.2, -0.15) is 0 Å². The lowest BCUT2D eigenvalue weighted by molar-refractivity contribution is 0.477. The van der Waals surface area contributed by atoms with Gasteiger partial charge in [-0.15, -0.1) is 0 Å². The molecule has 3 heteroatoms. The molecular weight excluding hydrogens is 827 g/mol. The summed E-state index contributed by atoms with van der Waals surface area (Å²) in [6, 6.07) is 63.9. The van der Waals surface area contributed by atoms with Gasteiger partial charge >= 0.3 is 0 Å². The van der Waals surface area contributed by atoms with E-state index in [0.717, 1.165) is 89.1 Å². The van der Waals surface area contributed by atoms with Gasteiger partial charge in [0.25, 0.3) is 0 Å². The van der Waals surface area contributed by atoms with Crippen LogP contribution >= 0.6 is 0 Å². The van der Waals surface area contributed by atoms with Crippen molar-refractivity contribution in [3.05, 3.63) is 271 Å². The van der Waals surface area contributed by atoms with Crippen LogP contribution in [0.1, 0.15) is 33.2 Å². The first kappa shape index (κ1) is 31.1. The van der Waals surface area contributed by atoms with Crippen LogP contribution in [0, 0.1) is 0 Å². The van der Waals surface area contributed by atoms with Gasteiger partial charge in [-0.1, -0.05) is 206 Å². The summed E-state index contributed by atoms with van der Waals surface area (Å²) in [5, 5.41) is 4.06. The van der Waals surface area contributed by atoms with Gasteiger partial charge in [0.15, 0.2) is 11.5 Å². The van der Waals surface area contributed by atoms with Gasteiger partial charge in [-0.05, 0) is 109 Å². The van der Waals surface area contributed by atoms with Crippen molar-refractivity contribution in [3.8, 4) is 56.0 Å². The molecular formula is C65H41NO2. The smallest absolute Gasteiger partial charge is 0.152 e. The van der Waals surface area contributed by atoms with Crippen LogP contribution in [-0.4, -0.2) is 0 Å². The van der Waals surface area contributed by atoms with E-state index in [9.17, 15) is 2.74 Å². The molecule has 1 aliphatic carbocycles. The van der Waals surface area contributed by atoms with Gasteiger partial charge in [-0.25, -0.2) is 0 Å². The molecule has 1 aromatic heterocycles. The maximum atomic E-state index is 9.43. The molecule has 0 saturated carbocycles. The van der Waals surface area contributed by atoms with Gasteiger partial charge in [0.2, 0.25) is 0 Å². The molecule has 0 unspecified atom stereocenters. The molecule has 1 aliphatic heterocycles. The highest BCUT2D eigenvalue weighted by atomic mass is 16.5. The minimum atomic E-state index is -1.54. The van der Waals surface area contributed by atoms with Crippen molar-refractivity contribution in [3.63, 3.8) is 0 Å². The summed E-state index contributed by atoms with van der Waals surface area (Å²) >= 11 is 0. The van der Waals surface area contributed by atoms with Gasteiger partial charge in [0, 0.05) is 21.7 Å². The Hall–Kier alpha value is -8.92. The Morgan fingerprint density at radius 3 is 1.78 bits per heavy atom. The monoisotopic (exact) mass is 875 g/mol. The zero-order chi connectivity index (χ0) is 51.7. The number of fused-ring (bicyclic) bond motifs is 9. The number of hydrogen-bond acceptors (Lipinski definition) is 3. The Morgan fingerprint density at radius 2 is 0.985 bits per heavy atom. The van der Waals surface area contributed by atoms with Crippen molar-refractivity contribution in [1.29, 1.82) is 0 Å². The third-order valence-electron chi connectivity index (χ3n) is 13.8. The zero-order valence-corrected chi connectivity index (χ0v) is 36.3. The van der Waals surface area contributed by atoms with Crippen LogP contribution in [0.5, 0.6) is 11.5 Å². The van der Waals surface area contributed by atoms with Crippen LogP contribution in [0.25, 0.3) is 77.2 Å². The van der Waals surface area contributed by atoms with Gasteiger partial charge in [0.1, 0.15) is 11.2 Å². The average Bonchev–Trinajstić information content (AvgIpc) is 4.24. The summed E-state index contributed by atoms with van der Waals surface area (Å²) in [6.45, 7) is 0. The van der Waals surface area contributed by atoms with Gasteiger partial charge in [0.05, 0.1) is 33.4 Å². The number of rotatable bonds is 6. The van der Waals surface area contributed by atoms with Crippen LogP contribution < -0.4 is 9.64 Å². The summed E-state index contributed by atoms with van der Waals surface area (Å²) in [6.07, 6.45) is 0. The first-order valence-electron chi connectivity index (χ1n) is 26.7. The maximum Gasteiger partial charge on any atom is 0.152 e. The Kier molecular flexibility index (Phi) is 6.88. The first-order chi connectivity index (χ1) is 37.0. The number of para-hydroxylation sites is 3. The van der Waals surface area contributed by atoms with Crippen LogP contribution in [0.15, 0.2) is 253 Å². The number of benzene rings is 11. The molecule has 2 aliphatic rings. The predicted molar refractivity (Wildman–Crippen MR) is 280 cm³/mol. The zero-order valence-electron chi connectivity index (χ0n) is 44.3. The molecule has 0 amide bonds. The number of nitrogens with zero attached hydrogens (tertiary/aromatic N) is 1. The van der Waals surface area contributed by atoms with Crippen molar-refractivity contribution in [2.45, 2.75) is 5.41 Å². The van der Waals surface area contributed by atoms with Crippen LogP contribution in [0.4, 0.5) is 17.1 Å². The SMILES string of the molecule is [2H]c1c([2H])c([2H])c2c(c1[2H])-c1c([2H])c([2H])c([2H])c([2H])c1C2(c1ccccc1)c1ccc(-c2cccc3c2oc2ccc(-c4ccc(N5c6ccccc6Oc6cc(-c7ccccc7)ccc65)c5ccccc45)cc23)cc1. The molecule has 0 bridgehead atoms. The number of anilines is 3. The molecule has 0 radical (unpaired) electrons. The molecule has 14 rings (SSSR count). The lowest BCUT2D eigenvalue weighted by Crippen LogP contribution is -2.28. The molecule has 12 aromatic rings. The number of furan rings is 1. The summed E-state index contributed by atoms with van der Waals surface area (Å²) in [4.78, 5) is 2.30. The highest BCUT2D eigenvalue weighted by Gasteiger charge is 2.45. The Bertz CT molecular complexity index is 4350. The topological polar surface area (TPSA) is 25.6 Å². The molecule has 0 spiro atoms. The quantitative estimate of drug-likeness (QED) is 0.166. The molecule has 68 heavy (non-hydrogen) atoms. The van der Waals surface area contributed by atoms with Gasteiger partial charge < -0.3 is 14.1 Å². The van der Waals surface area contributed by atoms with E-state index in [1.165, 1.54) is 0 Å². The second-order valence-electron chi connectivity index (χ2n) is 17.3.